The highest BCUT2D eigenvalue weighted by molar-refractivity contribution is 7.14. The van der Waals surface area contributed by atoms with E-state index in [2.05, 4.69) is 25.1 Å². The van der Waals surface area contributed by atoms with Crippen LogP contribution in [0.1, 0.15) is 49.4 Å². The lowest BCUT2D eigenvalue weighted by Crippen LogP contribution is -2.27. The maximum atomic E-state index is 12.3. The number of aromatic nitrogens is 4. The molecule has 0 spiro atoms. The molecule has 4 heterocycles. The molecular weight excluding hydrogens is 352 g/mol. The van der Waals surface area contributed by atoms with Gasteiger partial charge in [-0.3, -0.25) is 14.5 Å². The van der Waals surface area contributed by atoms with Gasteiger partial charge in [0.1, 0.15) is 5.82 Å². The first-order chi connectivity index (χ1) is 12.7. The largest absolute Gasteiger partial charge is 0.348 e. The number of amides is 2. The Labute approximate surface area is 155 Å². The van der Waals surface area contributed by atoms with Gasteiger partial charge in [-0.1, -0.05) is 6.42 Å². The molecule has 4 rings (SSSR count). The Kier molecular flexibility index (Phi) is 4.96. The van der Waals surface area contributed by atoms with Gasteiger partial charge in [-0.15, -0.1) is 21.5 Å². The van der Waals surface area contributed by atoms with Crippen LogP contribution in [0.15, 0.2) is 5.38 Å². The number of carbonyl (C=O) groups excluding carboxylic acids is 2. The number of nitrogens with one attached hydrogen (secondary N) is 1. The van der Waals surface area contributed by atoms with Gasteiger partial charge in [-0.05, 0) is 19.3 Å². The van der Waals surface area contributed by atoms with Gasteiger partial charge in [0.2, 0.25) is 11.8 Å². The highest BCUT2D eigenvalue weighted by Crippen LogP contribution is 2.25. The first-order valence-corrected chi connectivity index (χ1v) is 10.0. The maximum absolute atomic E-state index is 12.3. The van der Waals surface area contributed by atoms with E-state index in [0.717, 1.165) is 50.4 Å². The zero-order valence-electron chi connectivity index (χ0n) is 14.6. The van der Waals surface area contributed by atoms with E-state index in [4.69, 9.17) is 0 Å². The zero-order chi connectivity index (χ0) is 17.9. The predicted octanol–water partition coefficient (Wildman–Crippen LogP) is 1.45. The SMILES string of the molecule is O=C(Cc1csc(N2CCCC2=O)n1)NCc1nnc2n1CCCCC2. The molecule has 0 aromatic carbocycles. The van der Waals surface area contributed by atoms with Crippen LogP contribution in [-0.4, -0.2) is 38.1 Å². The molecule has 2 aromatic heterocycles. The molecule has 1 N–H and O–H groups in total. The van der Waals surface area contributed by atoms with Crippen molar-refractivity contribution in [3.8, 4) is 0 Å². The number of anilines is 1. The average molecular weight is 374 g/mol. The fourth-order valence-electron chi connectivity index (χ4n) is 3.43. The van der Waals surface area contributed by atoms with Crippen molar-refractivity contribution in [3.63, 3.8) is 0 Å². The molecule has 138 valence electrons. The molecule has 2 aliphatic heterocycles. The van der Waals surface area contributed by atoms with Crippen molar-refractivity contribution in [1.82, 2.24) is 25.1 Å². The minimum Gasteiger partial charge on any atom is -0.348 e. The van der Waals surface area contributed by atoms with E-state index < -0.39 is 0 Å². The predicted molar refractivity (Wildman–Crippen MR) is 96.8 cm³/mol. The lowest BCUT2D eigenvalue weighted by Gasteiger charge is -2.10. The molecule has 0 bridgehead atoms. The first kappa shape index (κ1) is 17.1. The highest BCUT2D eigenvalue weighted by Gasteiger charge is 2.24. The Balaban J connectivity index is 1.33. The van der Waals surface area contributed by atoms with Crippen molar-refractivity contribution in [2.75, 3.05) is 11.4 Å². The number of hydrogen-bond acceptors (Lipinski definition) is 6. The monoisotopic (exact) mass is 374 g/mol. The topological polar surface area (TPSA) is 93.0 Å². The summed E-state index contributed by atoms with van der Waals surface area (Å²) in [6.45, 7) is 2.02. The molecule has 2 aromatic rings. The maximum Gasteiger partial charge on any atom is 0.228 e. The van der Waals surface area contributed by atoms with E-state index in [1.165, 1.54) is 17.8 Å². The second-order valence-electron chi connectivity index (χ2n) is 6.72. The van der Waals surface area contributed by atoms with Gasteiger partial charge < -0.3 is 9.88 Å². The highest BCUT2D eigenvalue weighted by atomic mass is 32.1. The second-order valence-corrected chi connectivity index (χ2v) is 7.56. The molecule has 0 atom stereocenters. The van der Waals surface area contributed by atoms with Crippen LogP contribution in [0.2, 0.25) is 0 Å². The van der Waals surface area contributed by atoms with Crippen LogP contribution >= 0.6 is 11.3 Å². The summed E-state index contributed by atoms with van der Waals surface area (Å²) >= 11 is 1.42. The van der Waals surface area contributed by atoms with Crippen LogP contribution < -0.4 is 10.2 Å². The van der Waals surface area contributed by atoms with Crippen LogP contribution in [0, 0.1) is 0 Å². The van der Waals surface area contributed by atoms with Gasteiger partial charge in [0.05, 0.1) is 18.7 Å². The Morgan fingerprint density at radius 1 is 1.15 bits per heavy atom. The molecule has 2 amide bonds. The average Bonchev–Trinajstić information content (AvgIpc) is 3.30. The first-order valence-electron chi connectivity index (χ1n) is 9.13. The normalized spacial score (nSPS) is 17.2. The van der Waals surface area contributed by atoms with Gasteiger partial charge >= 0.3 is 0 Å². The quantitative estimate of drug-likeness (QED) is 0.855. The van der Waals surface area contributed by atoms with Crippen LogP contribution in [-0.2, 0) is 35.5 Å². The van der Waals surface area contributed by atoms with Crippen LogP contribution in [0.5, 0.6) is 0 Å². The van der Waals surface area contributed by atoms with Crippen molar-refractivity contribution in [2.24, 2.45) is 0 Å². The molecule has 8 nitrogen and oxygen atoms in total. The van der Waals surface area contributed by atoms with E-state index in [0.29, 0.717) is 23.8 Å². The summed E-state index contributed by atoms with van der Waals surface area (Å²) in [5.74, 6) is 1.85. The van der Waals surface area contributed by atoms with Gasteiger partial charge in [0.15, 0.2) is 11.0 Å². The number of fused-ring (bicyclic) bond motifs is 1. The summed E-state index contributed by atoms with van der Waals surface area (Å²) in [5, 5.41) is 13.9. The van der Waals surface area contributed by atoms with E-state index in [-0.39, 0.29) is 18.2 Å². The lowest BCUT2D eigenvalue weighted by atomic mass is 10.2. The summed E-state index contributed by atoms with van der Waals surface area (Å²) in [7, 11) is 0. The third-order valence-corrected chi connectivity index (χ3v) is 5.73. The Bertz CT molecular complexity index is 814. The fourth-order valence-corrected chi connectivity index (χ4v) is 4.30. The van der Waals surface area contributed by atoms with E-state index in [1.54, 1.807) is 4.90 Å². The van der Waals surface area contributed by atoms with Gasteiger partial charge in [-0.25, -0.2) is 4.98 Å². The number of hydrogen-bond donors (Lipinski definition) is 1. The summed E-state index contributed by atoms with van der Waals surface area (Å²) in [6.07, 6.45) is 6.10. The standard InChI is InChI=1S/C17H22N6O2S/c24-15(9-12-11-26-17(19-12)23-8-4-6-16(23)25)18-10-14-21-20-13-5-2-1-3-7-22(13)14/h11H,1-10H2,(H,18,24). The van der Waals surface area contributed by atoms with Crippen molar-refractivity contribution in [2.45, 2.75) is 58.0 Å². The van der Waals surface area contributed by atoms with Crippen LogP contribution in [0.3, 0.4) is 0 Å². The van der Waals surface area contributed by atoms with Crippen molar-refractivity contribution in [3.05, 3.63) is 22.7 Å². The van der Waals surface area contributed by atoms with Crippen molar-refractivity contribution in [1.29, 1.82) is 0 Å². The number of rotatable bonds is 5. The molecule has 0 aliphatic carbocycles. The third kappa shape index (κ3) is 3.62. The van der Waals surface area contributed by atoms with E-state index in [1.807, 2.05) is 5.38 Å². The molecule has 0 radical (unpaired) electrons. The molecule has 1 fully saturated rings. The van der Waals surface area contributed by atoms with Gasteiger partial charge in [0.25, 0.3) is 0 Å². The van der Waals surface area contributed by atoms with Crippen LogP contribution in [0.4, 0.5) is 5.13 Å². The number of nitrogens with zero attached hydrogens (tertiary/aromatic N) is 5. The summed E-state index contributed by atoms with van der Waals surface area (Å²) in [4.78, 5) is 30.2. The zero-order valence-corrected chi connectivity index (χ0v) is 15.4. The second kappa shape index (κ2) is 7.53. The summed E-state index contributed by atoms with van der Waals surface area (Å²) in [5.41, 5.74) is 0.697. The van der Waals surface area contributed by atoms with Crippen molar-refractivity contribution >= 4 is 28.3 Å². The molecule has 0 unspecified atom stereocenters. The Morgan fingerprint density at radius 3 is 2.92 bits per heavy atom. The van der Waals surface area contributed by atoms with Gasteiger partial charge in [-0.2, -0.15) is 0 Å². The molecule has 2 aliphatic rings. The lowest BCUT2D eigenvalue weighted by molar-refractivity contribution is -0.120. The Hall–Kier alpha value is -2.29. The third-order valence-electron chi connectivity index (χ3n) is 4.82. The number of thiazole rings is 1. The van der Waals surface area contributed by atoms with E-state index >= 15 is 0 Å². The number of aryl methyl sites for hydroxylation is 1. The molecule has 1 saturated heterocycles. The van der Waals surface area contributed by atoms with Crippen molar-refractivity contribution < 1.29 is 9.59 Å². The van der Waals surface area contributed by atoms with E-state index in [9.17, 15) is 9.59 Å². The minimum absolute atomic E-state index is 0.0967. The molecule has 9 heteroatoms. The number of carbonyl (C=O) groups is 2. The summed E-state index contributed by atoms with van der Waals surface area (Å²) < 4.78 is 2.13. The van der Waals surface area contributed by atoms with Crippen LogP contribution in [0.25, 0.3) is 0 Å². The minimum atomic E-state index is -0.0967. The molecule has 26 heavy (non-hydrogen) atoms. The summed E-state index contributed by atoms with van der Waals surface area (Å²) in [6, 6.07) is 0. The molecule has 0 saturated carbocycles. The Morgan fingerprint density at radius 2 is 2.08 bits per heavy atom. The van der Waals surface area contributed by atoms with Gasteiger partial charge in [0, 0.05) is 31.3 Å². The smallest absolute Gasteiger partial charge is 0.228 e. The fraction of sp³-hybridized carbons (Fsp3) is 0.588. The molecular formula is C17H22N6O2S.